The maximum Gasteiger partial charge on any atom is 0.339 e. The summed E-state index contributed by atoms with van der Waals surface area (Å²) in [6.45, 7) is 4.92. The van der Waals surface area contributed by atoms with E-state index in [0.717, 1.165) is 0 Å². The third-order valence-corrected chi connectivity index (χ3v) is 8.50. The first kappa shape index (κ1) is 47.4. The fourth-order valence-electron chi connectivity index (χ4n) is 5.50. The van der Waals surface area contributed by atoms with E-state index in [4.69, 9.17) is 38.2 Å². The van der Waals surface area contributed by atoms with Crippen LogP contribution in [0.25, 0.3) is 0 Å². The van der Waals surface area contributed by atoms with E-state index >= 15 is 0 Å². The van der Waals surface area contributed by atoms with Crippen LogP contribution in [0.5, 0.6) is 0 Å². The number of carbonyl (C=O) groups excluding carboxylic acids is 7. The van der Waals surface area contributed by atoms with Crippen molar-refractivity contribution in [3.8, 4) is 0 Å². The van der Waals surface area contributed by atoms with E-state index < -0.39 is 66.3 Å². The molecule has 4 atom stereocenters. The number of esters is 3. The lowest BCUT2D eigenvalue weighted by atomic mass is 10.0. The predicted molar refractivity (Wildman–Crippen MR) is 218 cm³/mol. The molecule has 0 aliphatic carbocycles. The zero-order valence-electron chi connectivity index (χ0n) is 34.3. The highest BCUT2D eigenvalue weighted by Gasteiger charge is 2.23. The fraction of sp³-hybridized carbons (Fsp3) is 0.326. The number of rotatable bonds is 26. The lowest BCUT2D eigenvalue weighted by Gasteiger charge is -2.17. The Labute approximate surface area is 353 Å². The maximum absolute atomic E-state index is 13.1. The van der Waals surface area contributed by atoms with Gasteiger partial charge in [0.1, 0.15) is 50.8 Å². The second-order valence-electron chi connectivity index (χ2n) is 13.8. The highest BCUT2D eigenvalue weighted by molar-refractivity contribution is 6.08. The Bertz CT molecular complexity index is 2110. The Morgan fingerprint density at radius 3 is 1.30 bits per heavy atom. The van der Waals surface area contributed by atoms with Crippen molar-refractivity contribution in [3.63, 3.8) is 0 Å². The lowest BCUT2D eigenvalue weighted by Crippen LogP contribution is -2.26. The molecule has 0 spiro atoms. The monoisotopic (exact) mass is 840 g/mol. The molecule has 61 heavy (non-hydrogen) atoms. The zero-order chi connectivity index (χ0) is 44.1. The molecule has 0 fully saturated rings. The normalized spacial score (nSPS) is 12.9. The molecular weight excluding hydrogens is 792 g/mol. The summed E-state index contributed by atoms with van der Waals surface area (Å²) in [6.07, 6.45) is -2.20. The van der Waals surface area contributed by atoms with E-state index in [9.17, 15) is 33.6 Å². The van der Waals surface area contributed by atoms with Crippen LogP contribution in [0.2, 0.25) is 0 Å². The Balaban J connectivity index is 1.16. The zero-order valence-corrected chi connectivity index (χ0v) is 34.3. The van der Waals surface area contributed by atoms with Crippen LogP contribution in [0, 0.1) is 0 Å². The number of benzene rings is 4. The van der Waals surface area contributed by atoms with Crippen LogP contribution in [0.1, 0.15) is 100 Å². The molecule has 0 amide bonds. The van der Waals surface area contributed by atoms with Crippen LogP contribution in [0.3, 0.4) is 0 Å². The Kier molecular flexibility index (Phi) is 19.3. The van der Waals surface area contributed by atoms with Gasteiger partial charge in [-0.25, -0.2) is 24.2 Å². The molecule has 322 valence electrons. The summed E-state index contributed by atoms with van der Waals surface area (Å²) in [7, 11) is 0. The first-order valence-electron chi connectivity index (χ1n) is 19.4. The van der Waals surface area contributed by atoms with Crippen LogP contribution < -0.4 is 0 Å². The standard InChI is InChI=1S/C46H48O15/c1-30(23-54-27-41(48)36-17-9-8-16-35(36)22-47)58-45(52)39-20-12-10-18-37(39)42(49)28-55-24-31(2)59-46(53)40-21-13-11-19-38(40)43(50)29-56-25-32(3)60-61-33(4)26-57-44(51)34-14-6-5-7-15-34/h5-22,30-33H,23-29H2,1-4H3. The number of aldehydes is 1. The summed E-state index contributed by atoms with van der Waals surface area (Å²) >= 11 is 0. The lowest BCUT2D eigenvalue weighted by molar-refractivity contribution is -0.352. The van der Waals surface area contributed by atoms with E-state index in [1.54, 1.807) is 94.4 Å². The fourth-order valence-corrected chi connectivity index (χ4v) is 5.50. The second-order valence-corrected chi connectivity index (χ2v) is 13.8. The summed E-state index contributed by atoms with van der Waals surface area (Å²) in [5.41, 5.74) is 0.999. The Hall–Kier alpha value is -6.23. The molecule has 4 unspecified atom stereocenters. The molecule has 15 heteroatoms. The molecule has 0 aromatic heterocycles. The van der Waals surface area contributed by atoms with E-state index in [1.807, 2.05) is 0 Å². The molecule has 0 saturated heterocycles. The van der Waals surface area contributed by atoms with Crippen molar-refractivity contribution < 1.29 is 71.8 Å². The van der Waals surface area contributed by atoms with Gasteiger partial charge in [-0.15, -0.1) is 0 Å². The van der Waals surface area contributed by atoms with Gasteiger partial charge < -0.3 is 28.4 Å². The van der Waals surface area contributed by atoms with Gasteiger partial charge in [0.25, 0.3) is 0 Å². The summed E-state index contributed by atoms with van der Waals surface area (Å²) < 4.78 is 32.7. The summed E-state index contributed by atoms with van der Waals surface area (Å²) in [5, 5.41) is 0. The molecule has 0 radical (unpaired) electrons. The van der Waals surface area contributed by atoms with Crippen LogP contribution in [0.4, 0.5) is 0 Å². The van der Waals surface area contributed by atoms with Crippen LogP contribution in [-0.4, -0.2) is 112 Å². The molecule has 0 bridgehead atoms. The van der Waals surface area contributed by atoms with Gasteiger partial charge in [-0.2, -0.15) is 0 Å². The van der Waals surface area contributed by atoms with E-state index in [1.165, 1.54) is 36.4 Å². The number of ether oxygens (including phenoxy) is 6. The van der Waals surface area contributed by atoms with Gasteiger partial charge in [-0.3, -0.25) is 19.2 Å². The molecule has 4 rings (SSSR count). The molecule has 15 nitrogen and oxygen atoms in total. The summed E-state index contributed by atoms with van der Waals surface area (Å²) in [4.78, 5) is 98.7. The largest absolute Gasteiger partial charge is 0.459 e. The molecular formula is C46H48O15. The first-order valence-corrected chi connectivity index (χ1v) is 19.4. The van der Waals surface area contributed by atoms with Crippen LogP contribution >= 0.6 is 0 Å². The number of hydrogen-bond acceptors (Lipinski definition) is 15. The number of carbonyl (C=O) groups is 7. The third kappa shape index (κ3) is 15.4. The van der Waals surface area contributed by atoms with Crippen molar-refractivity contribution in [2.45, 2.75) is 52.1 Å². The molecule has 4 aromatic carbocycles. The van der Waals surface area contributed by atoms with Gasteiger partial charge in [0.15, 0.2) is 23.6 Å². The van der Waals surface area contributed by atoms with E-state index in [2.05, 4.69) is 0 Å². The van der Waals surface area contributed by atoms with Gasteiger partial charge >= 0.3 is 17.9 Å². The molecule has 0 saturated carbocycles. The number of ketones is 3. The molecule has 0 aliphatic rings. The number of hydrogen-bond donors (Lipinski definition) is 0. The van der Waals surface area contributed by atoms with Crippen LogP contribution in [-0.2, 0) is 38.2 Å². The summed E-state index contributed by atoms with van der Waals surface area (Å²) in [6, 6.07) is 26.9. The molecule has 0 N–H and O–H groups in total. The highest BCUT2D eigenvalue weighted by atomic mass is 17.2. The number of Topliss-reactive ketones (excluding diaryl/α,β-unsaturated/α-hetero) is 3. The average molecular weight is 841 g/mol. The minimum Gasteiger partial charge on any atom is -0.459 e. The van der Waals surface area contributed by atoms with Gasteiger partial charge in [0, 0.05) is 22.3 Å². The second kappa shape index (κ2) is 24.8. The molecule has 0 aliphatic heterocycles. The maximum atomic E-state index is 13.1. The minimum absolute atomic E-state index is 0.00687. The van der Waals surface area contributed by atoms with E-state index in [-0.39, 0.29) is 73.0 Å². The first-order chi connectivity index (χ1) is 29.4. The highest BCUT2D eigenvalue weighted by Crippen LogP contribution is 2.16. The average Bonchev–Trinajstić information content (AvgIpc) is 3.27. The van der Waals surface area contributed by atoms with Crippen molar-refractivity contribution in [2.75, 3.05) is 46.2 Å². The predicted octanol–water partition coefficient (Wildman–Crippen LogP) is 6.17. The van der Waals surface area contributed by atoms with Gasteiger partial charge in [-0.1, -0.05) is 78.9 Å². The molecule has 0 heterocycles. The summed E-state index contributed by atoms with van der Waals surface area (Å²) in [5.74, 6) is -3.49. The Morgan fingerprint density at radius 1 is 0.443 bits per heavy atom. The van der Waals surface area contributed by atoms with Gasteiger partial charge in [-0.05, 0) is 52.0 Å². The van der Waals surface area contributed by atoms with Gasteiger partial charge in [0.05, 0.1) is 36.5 Å². The Morgan fingerprint density at radius 2 is 0.820 bits per heavy atom. The van der Waals surface area contributed by atoms with E-state index in [0.29, 0.717) is 11.8 Å². The quantitative estimate of drug-likeness (QED) is 0.0174. The third-order valence-electron chi connectivity index (χ3n) is 8.50. The topological polar surface area (TPSA) is 193 Å². The van der Waals surface area contributed by atoms with Crippen LogP contribution in [0.15, 0.2) is 103 Å². The van der Waals surface area contributed by atoms with Crippen molar-refractivity contribution in [2.24, 2.45) is 0 Å². The molecule has 4 aromatic rings. The van der Waals surface area contributed by atoms with Crippen molar-refractivity contribution in [3.05, 3.63) is 142 Å². The smallest absolute Gasteiger partial charge is 0.339 e. The SMILES string of the molecule is CC(COCC(=O)c1ccccc1C(=O)OC(C)COCC(=O)c1ccccc1C(=O)OC(C)COCC(=O)c1ccccc1C=O)OOC(C)COC(=O)c1ccccc1. The van der Waals surface area contributed by atoms with Gasteiger partial charge in [0.2, 0.25) is 0 Å². The van der Waals surface area contributed by atoms with Crippen molar-refractivity contribution in [1.82, 2.24) is 0 Å². The van der Waals surface area contributed by atoms with Crippen molar-refractivity contribution >= 4 is 41.5 Å². The van der Waals surface area contributed by atoms with Crippen molar-refractivity contribution in [1.29, 1.82) is 0 Å². The minimum atomic E-state index is -0.832.